The molecule has 0 unspecified atom stereocenters. The van der Waals surface area contributed by atoms with Crippen LogP contribution in [-0.2, 0) is 16.1 Å². The van der Waals surface area contributed by atoms with Gasteiger partial charge in [-0.25, -0.2) is 4.39 Å². The van der Waals surface area contributed by atoms with E-state index in [4.69, 9.17) is 19.3 Å². The van der Waals surface area contributed by atoms with E-state index in [1.165, 1.54) is 20.3 Å². The van der Waals surface area contributed by atoms with Crippen molar-refractivity contribution in [2.45, 2.75) is 19.0 Å². The zero-order valence-corrected chi connectivity index (χ0v) is 12.7. The maximum Gasteiger partial charge on any atom is 0.305 e. The maximum absolute atomic E-state index is 14.2. The molecule has 0 spiro atoms. The first-order valence-electron chi connectivity index (χ1n) is 6.99. The van der Waals surface area contributed by atoms with Crippen LogP contribution < -0.4 is 9.47 Å². The van der Waals surface area contributed by atoms with Crippen molar-refractivity contribution in [2.24, 2.45) is 0 Å². The number of morpholine rings is 1. The van der Waals surface area contributed by atoms with Gasteiger partial charge in [-0.3, -0.25) is 9.69 Å². The number of hydrogen-bond donors (Lipinski definition) is 1. The van der Waals surface area contributed by atoms with Crippen molar-refractivity contribution < 1.29 is 28.5 Å². The number of carboxylic acid groups (broad SMARTS) is 1. The summed E-state index contributed by atoms with van der Waals surface area (Å²) in [5, 5.41) is 8.96. The molecule has 0 aromatic heterocycles. The molecule has 1 atom stereocenters. The van der Waals surface area contributed by atoms with E-state index in [-0.39, 0.29) is 12.5 Å². The van der Waals surface area contributed by atoms with Gasteiger partial charge in [0.15, 0.2) is 11.5 Å². The fourth-order valence-corrected chi connectivity index (χ4v) is 2.52. The van der Waals surface area contributed by atoms with Gasteiger partial charge in [0.25, 0.3) is 0 Å². The Bertz CT molecular complexity index is 537. The molecule has 0 bridgehead atoms. The Morgan fingerprint density at radius 1 is 1.41 bits per heavy atom. The van der Waals surface area contributed by atoms with Crippen LogP contribution >= 0.6 is 0 Å². The monoisotopic (exact) mass is 313 g/mol. The van der Waals surface area contributed by atoms with Crippen LogP contribution in [0.2, 0.25) is 0 Å². The van der Waals surface area contributed by atoms with Crippen molar-refractivity contribution in [3.63, 3.8) is 0 Å². The van der Waals surface area contributed by atoms with E-state index >= 15 is 0 Å². The van der Waals surface area contributed by atoms with Crippen LogP contribution in [0.1, 0.15) is 12.0 Å². The molecule has 0 aliphatic carbocycles. The van der Waals surface area contributed by atoms with Crippen molar-refractivity contribution in [3.8, 4) is 11.5 Å². The van der Waals surface area contributed by atoms with E-state index in [0.29, 0.717) is 43.4 Å². The van der Waals surface area contributed by atoms with E-state index in [1.807, 2.05) is 4.90 Å². The van der Waals surface area contributed by atoms with Gasteiger partial charge in [0.2, 0.25) is 0 Å². The summed E-state index contributed by atoms with van der Waals surface area (Å²) in [4.78, 5) is 12.8. The first-order chi connectivity index (χ1) is 10.5. The molecule has 1 aromatic carbocycles. The topological polar surface area (TPSA) is 68.2 Å². The van der Waals surface area contributed by atoms with Crippen molar-refractivity contribution in [3.05, 3.63) is 23.5 Å². The van der Waals surface area contributed by atoms with E-state index in [2.05, 4.69) is 0 Å². The lowest BCUT2D eigenvalue weighted by atomic mass is 10.1. The summed E-state index contributed by atoms with van der Waals surface area (Å²) in [5.41, 5.74) is 0.440. The molecule has 1 fully saturated rings. The molecule has 1 aromatic rings. The highest BCUT2D eigenvalue weighted by atomic mass is 19.1. The zero-order valence-electron chi connectivity index (χ0n) is 12.7. The highest BCUT2D eigenvalue weighted by molar-refractivity contribution is 5.67. The molecule has 0 amide bonds. The number of ether oxygens (including phenoxy) is 3. The SMILES string of the molecule is COc1cc(F)c(CN2CCOC[C@H]2CC(=O)O)cc1OC. The van der Waals surface area contributed by atoms with Gasteiger partial charge < -0.3 is 19.3 Å². The maximum atomic E-state index is 14.2. The average Bonchev–Trinajstić information content (AvgIpc) is 2.50. The number of benzene rings is 1. The third kappa shape index (κ3) is 3.86. The minimum Gasteiger partial charge on any atom is -0.493 e. The minimum atomic E-state index is -0.895. The molecule has 2 rings (SSSR count). The van der Waals surface area contributed by atoms with Gasteiger partial charge >= 0.3 is 5.97 Å². The van der Waals surface area contributed by atoms with Crippen LogP contribution in [0.5, 0.6) is 11.5 Å². The van der Waals surface area contributed by atoms with Crippen molar-refractivity contribution in [1.29, 1.82) is 0 Å². The Hall–Kier alpha value is -1.86. The first-order valence-corrected chi connectivity index (χ1v) is 6.99. The van der Waals surface area contributed by atoms with Crippen LogP contribution in [0, 0.1) is 5.82 Å². The highest BCUT2D eigenvalue weighted by Gasteiger charge is 2.26. The van der Waals surface area contributed by atoms with Crippen molar-refractivity contribution >= 4 is 5.97 Å². The molecule has 22 heavy (non-hydrogen) atoms. The van der Waals surface area contributed by atoms with Gasteiger partial charge in [0.1, 0.15) is 5.82 Å². The molecule has 1 aliphatic heterocycles. The lowest BCUT2D eigenvalue weighted by Gasteiger charge is -2.34. The van der Waals surface area contributed by atoms with Gasteiger partial charge in [-0.2, -0.15) is 0 Å². The molecule has 6 nitrogen and oxygen atoms in total. The Labute approximate surface area is 128 Å². The molecule has 1 aliphatic rings. The van der Waals surface area contributed by atoms with Gasteiger partial charge in [-0.1, -0.05) is 0 Å². The molecule has 7 heteroatoms. The second kappa shape index (κ2) is 7.42. The van der Waals surface area contributed by atoms with Crippen molar-refractivity contribution in [2.75, 3.05) is 34.0 Å². The minimum absolute atomic E-state index is 0.0328. The molecule has 0 saturated carbocycles. The lowest BCUT2D eigenvalue weighted by Crippen LogP contribution is -2.46. The third-order valence-electron chi connectivity index (χ3n) is 3.69. The second-order valence-electron chi connectivity index (χ2n) is 5.10. The number of hydrogen-bond acceptors (Lipinski definition) is 5. The third-order valence-corrected chi connectivity index (χ3v) is 3.69. The Morgan fingerprint density at radius 3 is 2.73 bits per heavy atom. The smallest absolute Gasteiger partial charge is 0.305 e. The molecular formula is C15H20FNO5. The van der Waals surface area contributed by atoms with Crippen LogP contribution in [0.4, 0.5) is 4.39 Å². The molecule has 1 saturated heterocycles. The number of nitrogens with zero attached hydrogens (tertiary/aromatic N) is 1. The summed E-state index contributed by atoms with van der Waals surface area (Å²) < 4.78 is 29.8. The van der Waals surface area contributed by atoms with E-state index in [1.54, 1.807) is 6.07 Å². The predicted molar refractivity (Wildman–Crippen MR) is 76.8 cm³/mol. The molecule has 0 radical (unpaired) electrons. The largest absolute Gasteiger partial charge is 0.493 e. The average molecular weight is 313 g/mol. The van der Waals surface area contributed by atoms with Crippen LogP contribution in [0.3, 0.4) is 0 Å². The summed E-state index contributed by atoms with van der Waals surface area (Å²) in [6, 6.07) is 2.60. The molecule has 122 valence electrons. The fourth-order valence-electron chi connectivity index (χ4n) is 2.52. The van der Waals surface area contributed by atoms with Gasteiger partial charge in [0, 0.05) is 30.8 Å². The van der Waals surface area contributed by atoms with E-state index in [0.717, 1.165) is 0 Å². The van der Waals surface area contributed by atoms with Crippen LogP contribution in [-0.4, -0.2) is 56.0 Å². The van der Waals surface area contributed by atoms with E-state index < -0.39 is 11.8 Å². The van der Waals surface area contributed by atoms with E-state index in [9.17, 15) is 9.18 Å². The predicted octanol–water partition coefficient (Wildman–Crippen LogP) is 1.52. The Balaban J connectivity index is 2.18. The summed E-state index contributed by atoms with van der Waals surface area (Å²) in [6.07, 6.45) is -0.0328. The molecule has 1 N–H and O–H groups in total. The summed E-state index contributed by atoms with van der Waals surface area (Å²) >= 11 is 0. The van der Waals surface area contributed by atoms with Gasteiger partial charge in [0.05, 0.1) is 33.9 Å². The second-order valence-corrected chi connectivity index (χ2v) is 5.10. The number of aliphatic carboxylic acids is 1. The number of rotatable bonds is 6. The zero-order chi connectivity index (χ0) is 16.1. The number of carboxylic acids is 1. The number of carbonyl (C=O) groups is 1. The van der Waals surface area contributed by atoms with Gasteiger partial charge in [-0.15, -0.1) is 0 Å². The van der Waals surface area contributed by atoms with Crippen LogP contribution in [0.15, 0.2) is 12.1 Å². The Morgan fingerprint density at radius 2 is 2.09 bits per heavy atom. The summed E-state index contributed by atoms with van der Waals surface area (Å²) in [5.74, 6) is -0.527. The molecule has 1 heterocycles. The fraction of sp³-hybridized carbons (Fsp3) is 0.533. The first kappa shape index (κ1) is 16.5. The summed E-state index contributed by atoms with van der Waals surface area (Å²) in [6.45, 7) is 1.70. The quantitative estimate of drug-likeness (QED) is 0.859. The number of halogens is 1. The Kier molecular flexibility index (Phi) is 5.57. The number of methoxy groups -OCH3 is 2. The van der Waals surface area contributed by atoms with Gasteiger partial charge in [-0.05, 0) is 6.07 Å². The van der Waals surface area contributed by atoms with Crippen LogP contribution in [0.25, 0.3) is 0 Å². The molecular weight excluding hydrogens is 293 g/mol. The standard InChI is InChI=1S/C15H20FNO5/c1-20-13-5-10(12(16)7-14(13)21-2)8-17-3-4-22-9-11(17)6-15(18)19/h5,7,11H,3-4,6,8-9H2,1-2H3,(H,18,19)/t11-/m1/s1. The summed E-state index contributed by atoms with van der Waals surface area (Å²) in [7, 11) is 2.93. The highest BCUT2D eigenvalue weighted by Crippen LogP contribution is 2.31. The van der Waals surface area contributed by atoms with Crippen molar-refractivity contribution in [1.82, 2.24) is 4.90 Å². The lowest BCUT2D eigenvalue weighted by molar-refractivity contribution is -0.140. The normalized spacial score (nSPS) is 19.0.